The zero-order valence-corrected chi connectivity index (χ0v) is 15.7. The molecule has 2 fully saturated rings. The van der Waals surface area contributed by atoms with Gasteiger partial charge in [0.05, 0.1) is 5.92 Å². The first-order valence-electron chi connectivity index (χ1n) is 9.71. The zero-order valence-electron chi connectivity index (χ0n) is 15.7. The summed E-state index contributed by atoms with van der Waals surface area (Å²) in [7, 11) is 0. The fourth-order valence-corrected chi connectivity index (χ4v) is 4.17. The van der Waals surface area contributed by atoms with Gasteiger partial charge in [0.15, 0.2) is 0 Å². The number of hydrogen-bond donors (Lipinski definition) is 1. The normalized spacial score (nSPS) is 21.5. The van der Waals surface area contributed by atoms with Crippen molar-refractivity contribution in [1.29, 1.82) is 0 Å². The molecule has 2 saturated heterocycles. The molecule has 1 aromatic carbocycles. The third-order valence-electron chi connectivity index (χ3n) is 5.72. The highest BCUT2D eigenvalue weighted by Crippen LogP contribution is 2.49. The highest BCUT2D eigenvalue weighted by Gasteiger charge is 2.51. The minimum atomic E-state index is -0.0533. The molecule has 7 nitrogen and oxygen atoms in total. The maximum Gasteiger partial charge on any atom is 0.317 e. The molecule has 0 radical (unpaired) electrons. The molecule has 3 heterocycles. The van der Waals surface area contributed by atoms with Crippen LogP contribution >= 0.6 is 0 Å². The fraction of sp³-hybridized carbons (Fsp3) is 0.550. The van der Waals surface area contributed by atoms with E-state index in [-0.39, 0.29) is 17.4 Å². The van der Waals surface area contributed by atoms with Crippen molar-refractivity contribution in [3.63, 3.8) is 0 Å². The summed E-state index contributed by atoms with van der Waals surface area (Å²) in [6, 6.07) is 9.82. The summed E-state index contributed by atoms with van der Waals surface area (Å²) >= 11 is 0. The van der Waals surface area contributed by atoms with Gasteiger partial charge in [-0.05, 0) is 19.3 Å². The minimum absolute atomic E-state index is 0.00647. The Morgan fingerprint density at radius 1 is 1.30 bits per heavy atom. The highest BCUT2D eigenvalue weighted by atomic mass is 16.5. The van der Waals surface area contributed by atoms with Crippen LogP contribution in [0.2, 0.25) is 0 Å². The average molecular weight is 370 g/mol. The van der Waals surface area contributed by atoms with Crippen LogP contribution in [0.4, 0.5) is 4.79 Å². The summed E-state index contributed by atoms with van der Waals surface area (Å²) in [5.74, 6) is 1.27. The maximum absolute atomic E-state index is 12.6. The maximum atomic E-state index is 12.6. The Balaban J connectivity index is 1.59. The van der Waals surface area contributed by atoms with Crippen LogP contribution in [0.25, 0.3) is 11.4 Å². The van der Waals surface area contributed by atoms with E-state index in [1.807, 2.05) is 35.2 Å². The number of ether oxygens (including phenoxy) is 1. The smallest absolute Gasteiger partial charge is 0.317 e. The standard InChI is InChI=1S/C20H26N4O3/c1-2-10-21-19(25)24-13-16(20(14-24)8-11-26-12-9-20)18-22-17(23-27-18)15-6-4-3-5-7-15/h3-7,16H,2,8-14H2,1H3,(H,21,25)/t16-/m0/s1. The van der Waals surface area contributed by atoms with E-state index in [1.165, 1.54) is 0 Å². The van der Waals surface area contributed by atoms with E-state index < -0.39 is 0 Å². The number of benzene rings is 1. The Kier molecular flexibility index (Phi) is 5.11. The van der Waals surface area contributed by atoms with Gasteiger partial charge in [-0.15, -0.1) is 0 Å². The van der Waals surface area contributed by atoms with E-state index in [1.54, 1.807) is 0 Å². The largest absolute Gasteiger partial charge is 0.381 e. The molecular weight excluding hydrogens is 344 g/mol. The van der Waals surface area contributed by atoms with Gasteiger partial charge in [-0.3, -0.25) is 0 Å². The number of amides is 2. The van der Waals surface area contributed by atoms with E-state index in [0.717, 1.165) is 24.8 Å². The van der Waals surface area contributed by atoms with Gasteiger partial charge in [0, 0.05) is 43.8 Å². The predicted molar refractivity (Wildman–Crippen MR) is 100 cm³/mol. The molecule has 2 aliphatic rings. The van der Waals surface area contributed by atoms with Crippen molar-refractivity contribution in [2.75, 3.05) is 32.8 Å². The van der Waals surface area contributed by atoms with Crippen LogP contribution in [-0.4, -0.2) is 53.9 Å². The van der Waals surface area contributed by atoms with Gasteiger partial charge in [-0.2, -0.15) is 4.98 Å². The van der Waals surface area contributed by atoms with Crippen molar-refractivity contribution >= 4 is 6.03 Å². The van der Waals surface area contributed by atoms with Crippen molar-refractivity contribution in [1.82, 2.24) is 20.4 Å². The Morgan fingerprint density at radius 3 is 2.81 bits per heavy atom. The SMILES string of the molecule is CCCNC(=O)N1C[C@@H](c2nc(-c3ccccc3)no2)C2(CCOCC2)C1. The van der Waals surface area contributed by atoms with Crippen molar-refractivity contribution < 1.29 is 14.1 Å². The van der Waals surface area contributed by atoms with Crippen LogP contribution in [0.1, 0.15) is 38.0 Å². The van der Waals surface area contributed by atoms with E-state index in [2.05, 4.69) is 17.4 Å². The van der Waals surface area contributed by atoms with Crippen molar-refractivity contribution in [2.45, 2.75) is 32.1 Å². The summed E-state index contributed by atoms with van der Waals surface area (Å²) in [6.07, 6.45) is 2.72. The molecule has 0 aliphatic carbocycles. The zero-order chi connectivity index (χ0) is 18.7. The van der Waals surface area contributed by atoms with Crippen molar-refractivity contribution in [3.05, 3.63) is 36.2 Å². The summed E-state index contributed by atoms with van der Waals surface area (Å²) in [5.41, 5.74) is 0.881. The first kappa shape index (κ1) is 18.0. The molecule has 1 aromatic heterocycles. The number of hydrogen-bond acceptors (Lipinski definition) is 5. The second kappa shape index (κ2) is 7.68. The van der Waals surface area contributed by atoms with Gasteiger partial charge < -0.3 is 19.5 Å². The van der Waals surface area contributed by atoms with Crippen molar-refractivity contribution in [2.24, 2.45) is 5.41 Å². The van der Waals surface area contributed by atoms with Crippen LogP contribution in [0.15, 0.2) is 34.9 Å². The summed E-state index contributed by atoms with van der Waals surface area (Å²) < 4.78 is 11.3. The fourth-order valence-electron chi connectivity index (χ4n) is 4.17. The number of urea groups is 1. The van der Waals surface area contributed by atoms with Crippen LogP contribution in [0.3, 0.4) is 0 Å². The molecule has 1 atom stereocenters. The molecule has 0 saturated carbocycles. The lowest BCUT2D eigenvalue weighted by atomic mass is 9.72. The first-order valence-corrected chi connectivity index (χ1v) is 9.71. The van der Waals surface area contributed by atoms with Gasteiger partial charge in [-0.25, -0.2) is 4.79 Å². The summed E-state index contributed by atoms with van der Waals surface area (Å²) in [6.45, 7) is 5.47. The predicted octanol–water partition coefficient (Wildman–Crippen LogP) is 3.05. The third-order valence-corrected chi connectivity index (χ3v) is 5.72. The summed E-state index contributed by atoms with van der Waals surface area (Å²) in [5, 5.41) is 7.18. The second-order valence-electron chi connectivity index (χ2n) is 7.46. The molecular formula is C20H26N4O3. The van der Waals surface area contributed by atoms with E-state index >= 15 is 0 Å². The van der Waals surface area contributed by atoms with Gasteiger partial charge in [0.1, 0.15) is 0 Å². The number of rotatable bonds is 4. The molecule has 144 valence electrons. The van der Waals surface area contributed by atoms with Crippen LogP contribution in [0, 0.1) is 5.41 Å². The van der Waals surface area contributed by atoms with Crippen LogP contribution in [0.5, 0.6) is 0 Å². The quantitative estimate of drug-likeness (QED) is 0.895. The lowest BCUT2D eigenvalue weighted by Crippen LogP contribution is -2.41. The topological polar surface area (TPSA) is 80.5 Å². The molecule has 1 spiro atoms. The number of nitrogens with zero attached hydrogens (tertiary/aromatic N) is 3. The lowest BCUT2D eigenvalue weighted by Gasteiger charge is -2.36. The Bertz CT molecular complexity index is 771. The second-order valence-corrected chi connectivity index (χ2v) is 7.46. The van der Waals surface area contributed by atoms with Gasteiger partial charge in [0.2, 0.25) is 11.7 Å². The lowest BCUT2D eigenvalue weighted by molar-refractivity contribution is 0.00943. The molecule has 4 rings (SSSR count). The molecule has 2 aromatic rings. The molecule has 2 amide bonds. The third kappa shape index (κ3) is 3.56. The monoisotopic (exact) mass is 370 g/mol. The average Bonchev–Trinajstić information content (AvgIpc) is 3.33. The van der Waals surface area contributed by atoms with Crippen LogP contribution in [-0.2, 0) is 4.74 Å². The molecule has 0 bridgehead atoms. The minimum Gasteiger partial charge on any atom is -0.381 e. The van der Waals surface area contributed by atoms with E-state index in [9.17, 15) is 4.79 Å². The number of likely N-dealkylation sites (tertiary alicyclic amines) is 1. The van der Waals surface area contributed by atoms with E-state index in [0.29, 0.717) is 44.6 Å². The van der Waals surface area contributed by atoms with E-state index in [4.69, 9.17) is 14.2 Å². The Labute approximate surface area is 159 Å². The first-order chi connectivity index (χ1) is 13.2. The van der Waals surface area contributed by atoms with Gasteiger partial charge >= 0.3 is 6.03 Å². The molecule has 2 aliphatic heterocycles. The van der Waals surface area contributed by atoms with Crippen molar-refractivity contribution in [3.8, 4) is 11.4 Å². The molecule has 27 heavy (non-hydrogen) atoms. The molecule has 7 heteroatoms. The molecule has 1 N–H and O–H groups in total. The summed E-state index contributed by atoms with van der Waals surface area (Å²) in [4.78, 5) is 19.1. The Morgan fingerprint density at radius 2 is 2.07 bits per heavy atom. The number of carbonyl (C=O) groups excluding carboxylic acids is 1. The molecule has 0 unspecified atom stereocenters. The number of aromatic nitrogens is 2. The number of carbonyl (C=O) groups is 1. The highest BCUT2D eigenvalue weighted by molar-refractivity contribution is 5.74. The number of nitrogens with one attached hydrogen (secondary N) is 1. The van der Waals surface area contributed by atoms with Gasteiger partial charge in [-0.1, -0.05) is 42.4 Å². The van der Waals surface area contributed by atoms with Crippen LogP contribution < -0.4 is 5.32 Å². The Hall–Kier alpha value is -2.41. The van der Waals surface area contributed by atoms with Gasteiger partial charge in [0.25, 0.3) is 0 Å².